The van der Waals surface area contributed by atoms with Crippen LogP contribution in [0.5, 0.6) is 0 Å². The molecule has 2 rings (SSSR count). The van der Waals surface area contributed by atoms with Crippen molar-refractivity contribution in [3.63, 3.8) is 0 Å². The third-order valence-electron chi connectivity index (χ3n) is 3.07. The molecule has 5 heteroatoms. The lowest BCUT2D eigenvalue weighted by molar-refractivity contribution is 0.148. The maximum Gasteiger partial charge on any atom is 0.0738 e. The van der Waals surface area contributed by atoms with E-state index in [1.807, 2.05) is 23.4 Å². The lowest BCUT2D eigenvalue weighted by Crippen LogP contribution is -2.21. The summed E-state index contributed by atoms with van der Waals surface area (Å²) in [6.07, 6.45) is 0.765. The molecular weight excluding hydrogens is 288 g/mol. The molecule has 1 aromatic rings. The Kier molecular flexibility index (Phi) is 3.97. The van der Waals surface area contributed by atoms with E-state index in [2.05, 4.69) is 28.0 Å². The zero-order chi connectivity index (χ0) is 11.7. The van der Waals surface area contributed by atoms with Gasteiger partial charge in [0, 0.05) is 18.2 Å². The number of rotatable bonds is 3. The molecule has 1 N–H and O–H groups in total. The number of aliphatic hydroxyl groups excluding tert-OH is 1. The van der Waals surface area contributed by atoms with Gasteiger partial charge in [0.05, 0.1) is 22.0 Å². The number of halogens is 1. The summed E-state index contributed by atoms with van der Waals surface area (Å²) in [5.74, 6) is 2.31. The highest BCUT2D eigenvalue weighted by molar-refractivity contribution is 9.10. The number of aryl methyl sites for hydroxylation is 2. The Morgan fingerprint density at radius 3 is 2.88 bits per heavy atom. The van der Waals surface area contributed by atoms with Crippen LogP contribution in [0.2, 0.25) is 0 Å². The van der Waals surface area contributed by atoms with Crippen LogP contribution in [0.1, 0.15) is 18.3 Å². The molecule has 90 valence electrons. The molecule has 2 unspecified atom stereocenters. The molecule has 0 radical (unpaired) electrons. The number of hydrogen-bond donors (Lipinski definition) is 1. The number of thioether (sulfide) groups is 1. The second-order valence-corrected chi connectivity index (χ2v) is 6.10. The second-order valence-electron chi connectivity index (χ2n) is 4.23. The molecular formula is C11H17BrN2OS. The van der Waals surface area contributed by atoms with Crippen LogP contribution < -0.4 is 0 Å². The van der Waals surface area contributed by atoms with Crippen LogP contribution in [0.4, 0.5) is 0 Å². The Labute approximate surface area is 109 Å². The maximum atomic E-state index is 9.85. The van der Waals surface area contributed by atoms with Crippen molar-refractivity contribution in [1.82, 2.24) is 9.78 Å². The summed E-state index contributed by atoms with van der Waals surface area (Å²) in [5.41, 5.74) is 2.27. The van der Waals surface area contributed by atoms with Crippen molar-refractivity contribution in [3.8, 4) is 0 Å². The zero-order valence-electron chi connectivity index (χ0n) is 9.61. The summed E-state index contributed by atoms with van der Waals surface area (Å²) in [5, 5.41) is 14.3. The van der Waals surface area contributed by atoms with Crippen LogP contribution in [-0.4, -0.2) is 32.5 Å². The van der Waals surface area contributed by atoms with E-state index in [0.717, 1.165) is 34.6 Å². The fourth-order valence-electron chi connectivity index (χ4n) is 2.09. The Morgan fingerprint density at radius 1 is 1.56 bits per heavy atom. The first-order chi connectivity index (χ1) is 7.63. The van der Waals surface area contributed by atoms with Gasteiger partial charge < -0.3 is 5.11 Å². The topological polar surface area (TPSA) is 38.0 Å². The molecule has 1 aromatic heterocycles. The first-order valence-corrected chi connectivity index (χ1v) is 7.55. The Morgan fingerprint density at radius 2 is 2.31 bits per heavy atom. The van der Waals surface area contributed by atoms with Gasteiger partial charge in [-0.2, -0.15) is 16.9 Å². The lowest BCUT2D eigenvalue weighted by atomic mass is 10.00. The predicted molar refractivity (Wildman–Crippen MR) is 70.9 cm³/mol. The molecule has 3 nitrogen and oxygen atoms in total. The van der Waals surface area contributed by atoms with Crippen molar-refractivity contribution in [2.45, 2.75) is 32.9 Å². The summed E-state index contributed by atoms with van der Waals surface area (Å²) in [4.78, 5) is 0. The molecule has 1 saturated heterocycles. The first-order valence-electron chi connectivity index (χ1n) is 5.61. The molecule has 0 aliphatic carbocycles. The van der Waals surface area contributed by atoms with Gasteiger partial charge in [-0.25, -0.2) is 0 Å². The van der Waals surface area contributed by atoms with E-state index in [1.54, 1.807) is 0 Å². The Bertz CT molecular complexity index is 380. The van der Waals surface area contributed by atoms with Crippen molar-refractivity contribution in [2.75, 3.05) is 11.5 Å². The predicted octanol–water partition coefficient (Wildman–Crippen LogP) is 2.24. The van der Waals surface area contributed by atoms with Crippen molar-refractivity contribution < 1.29 is 5.11 Å². The van der Waals surface area contributed by atoms with E-state index < -0.39 is 0 Å². The standard InChI is InChI=1S/C11H17BrN2OS/c1-3-14-9(11(12)7(2)13-14)4-8-5-16-6-10(8)15/h8,10,15H,3-6H2,1-2H3. The number of nitrogens with zero attached hydrogens (tertiary/aromatic N) is 2. The first kappa shape index (κ1) is 12.5. The number of hydrogen-bond acceptors (Lipinski definition) is 3. The van der Waals surface area contributed by atoms with Crippen LogP contribution in [0.25, 0.3) is 0 Å². The minimum absolute atomic E-state index is 0.155. The van der Waals surface area contributed by atoms with Gasteiger partial charge in [-0.05, 0) is 42.0 Å². The number of aromatic nitrogens is 2. The van der Waals surface area contributed by atoms with Crippen molar-refractivity contribution in [1.29, 1.82) is 0 Å². The van der Waals surface area contributed by atoms with E-state index in [4.69, 9.17) is 0 Å². The molecule has 16 heavy (non-hydrogen) atoms. The van der Waals surface area contributed by atoms with Crippen LogP contribution >= 0.6 is 27.7 Å². The molecule has 0 saturated carbocycles. The second kappa shape index (κ2) is 5.10. The third-order valence-corrected chi connectivity index (χ3v) is 5.35. The van der Waals surface area contributed by atoms with Crippen LogP contribution in [0, 0.1) is 12.8 Å². The highest BCUT2D eigenvalue weighted by atomic mass is 79.9. The quantitative estimate of drug-likeness (QED) is 0.931. The average Bonchev–Trinajstić information content (AvgIpc) is 2.78. The summed E-state index contributed by atoms with van der Waals surface area (Å²) >= 11 is 5.44. The lowest BCUT2D eigenvalue weighted by Gasteiger charge is -2.14. The van der Waals surface area contributed by atoms with Gasteiger partial charge in [0.15, 0.2) is 0 Å². The highest BCUT2D eigenvalue weighted by Gasteiger charge is 2.28. The van der Waals surface area contributed by atoms with Crippen LogP contribution in [0.15, 0.2) is 4.47 Å². The molecule has 2 heterocycles. The molecule has 0 bridgehead atoms. The summed E-state index contributed by atoms with van der Waals surface area (Å²) in [6.45, 7) is 5.00. The largest absolute Gasteiger partial charge is 0.392 e. The van der Waals surface area contributed by atoms with Crippen molar-refractivity contribution >= 4 is 27.7 Å². The van der Waals surface area contributed by atoms with Gasteiger partial charge in [-0.15, -0.1) is 0 Å². The third kappa shape index (κ3) is 2.31. The average molecular weight is 305 g/mol. The van der Waals surface area contributed by atoms with E-state index in [9.17, 15) is 5.11 Å². The van der Waals surface area contributed by atoms with E-state index >= 15 is 0 Å². The minimum atomic E-state index is -0.155. The smallest absolute Gasteiger partial charge is 0.0738 e. The fraction of sp³-hybridized carbons (Fsp3) is 0.727. The van der Waals surface area contributed by atoms with Gasteiger partial charge in [-0.1, -0.05) is 0 Å². The fourth-order valence-corrected chi connectivity index (χ4v) is 3.83. The van der Waals surface area contributed by atoms with Crippen molar-refractivity contribution in [3.05, 3.63) is 15.9 Å². The van der Waals surface area contributed by atoms with E-state index in [1.165, 1.54) is 5.69 Å². The molecule has 0 spiro atoms. The molecule has 1 fully saturated rings. The van der Waals surface area contributed by atoms with Gasteiger partial charge in [0.2, 0.25) is 0 Å². The molecule has 2 atom stereocenters. The normalized spacial score (nSPS) is 25.2. The SMILES string of the molecule is CCn1nc(C)c(Br)c1CC1CSCC1O. The van der Waals surface area contributed by atoms with Gasteiger partial charge in [0.25, 0.3) is 0 Å². The van der Waals surface area contributed by atoms with Crippen LogP contribution in [0.3, 0.4) is 0 Å². The summed E-state index contributed by atoms with van der Waals surface area (Å²) in [7, 11) is 0. The Balaban J connectivity index is 2.19. The maximum absolute atomic E-state index is 9.85. The molecule has 0 aromatic carbocycles. The summed E-state index contributed by atoms with van der Waals surface area (Å²) < 4.78 is 3.15. The van der Waals surface area contributed by atoms with E-state index in [-0.39, 0.29) is 6.10 Å². The highest BCUT2D eigenvalue weighted by Crippen LogP contribution is 2.30. The van der Waals surface area contributed by atoms with Gasteiger partial charge in [-0.3, -0.25) is 4.68 Å². The molecule has 1 aliphatic rings. The molecule has 0 amide bonds. The van der Waals surface area contributed by atoms with Crippen molar-refractivity contribution in [2.24, 2.45) is 5.92 Å². The van der Waals surface area contributed by atoms with Gasteiger partial charge in [0.1, 0.15) is 0 Å². The summed E-state index contributed by atoms with van der Waals surface area (Å²) in [6, 6.07) is 0. The monoisotopic (exact) mass is 304 g/mol. The van der Waals surface area contributed by atoms with Crippen LogP contribution in [-0.2, 0) is 13.0 Å². The minimum Gasteiger partial charge on any atom is -0.392 e. The molecule has 1 aliphatic heterocycles. The Hall–Kier alpha value is -0.0000000000000000763. The van der Waals surface area contributed by atoms with Gasteiger partial charge >= 0.3 is 0 Å². The van der Waals surface area contributed by atoms with E-state index in [0.29, 0.717) is 5.92 Å². The number of aliphatic hydroxyl groups is 1. The zero-order valence-corrected chi connectivity index (χ0v) is 12.0.